The van der Waals surface area contributed by atoms with Gasteiger partial charge in [-0.3, -0.25) is 14.2 Å². The number of hydrogen-bond acceptors (Lipinski definition) is 7. The number of aromatic nitrogens is 2. The van der Waals surface area contributed by atoms with Gasteiger partial charge in [0.2, 0.25) is 0 Å². The summed E-state index contributed by atoms with van der Waals surface area (Å²) < 4.78 is 12.8. The fourth-order valence-electron chi connectivity index (χ4n) is 3.41. The van der Waals surface area contributed by atoms with Crippen molar-refractivity contribution in [2.75, 3.05) is 12.4 Å². The number of thioether (sulfide) groups is 1. The lowest BCUT2D eigenvalue weighted by molar-refractivity contribution is -0.151. The van der Waals surface area contributed by atoms with E-state index in [4.69, 9.17) is 14.5 Å². The maximum absolute atomic E-state index is 13.3. The van der Waals surface area contributed by atoms with Crippen molar-refractivity contribution < 1.29 is 14.3 Å². The molecule has 1 fully saturated rings. The number of thiophene rings is 1. The van der Waals surface area contributed by atoms with Crippen molar-refractivity contribution in [2.45, 2.75) is 77.3 Å². The van der Waals surface area contributed by atoms with Crippen molar-refractivity contribution >= 4 is 39.3 Å². The van der Waals surface area contributed by atoms with Crippen LogP contribution >= 0.6 is 23.1 Å². The highest BCUT2D eigenvalue weighted by molar-refractivity contribution is 7.99. The van der Waals surface area contributed by atoms with Gasteiger partial charge in [-0.1, -0.05) is 18.7 Å². The van der Waals surface area contributed by atoms with E-state index in [0.29, 0.717) is 17.1 Å². The maximum Gasteiger partial charge on any atom is 0.316 e. The van der Waals surface area contributed by atoms with E-state index in [1.54, 1.807) is 15.9 Å². The van der Waals surface area contributed by atoms with Crippen LogP contribution in [-0.4, -0.2) is 39.6 Å². The molecule has 0 radical (unpaired) electrons. The first-order valence-electron chi connectivity index (χ1n) is 9.68. The van der Waals surface area contributed by atoms with Crippen LogP contribution in [0.25, 0.3) is 10.2 Å². The van der Waals surface area contributed by atoms with E-state index in [1.165, 1.54) is 11.8 Å². The van der Waals surface area contributed by atoms with Crippen LogP contribution in [0.3, 0.4) is 0 Å². The van der Waals surface area contributed by atoms with Gasteiger partial charge in [-0.15, -0.1) is 11.3 Å². The van der Waals surface area contributed by atoms with Gasteiger partial charge in [-0.05, 0) is 52.5 Å². The molecule has 3 rings (SSSR count). The minimum Gasteiger partial charge on any atom is -0.459 e. The quantitative estimate of drug-likeness (QED) is 0.397. The minimum absolute atomic E-state index is 0.0163. The maximum atomic E-state index is 13.3. The van der Waals surface area contributed by atoms with Gasteiger partial charge < -0.3 is 9.47 Å². The normalized spacial score (nSPS) is 17.4. The zero-order valence-electron chi connectivity index (χ0n) is 17.2. The highest BCUT2D eigenvalue weighted by Gasteiger charge is 2.24. The van der Waals surface area contributed by atoms with Crippen molar-refractivity contribution in [3.63, 3.8) is 0 Å². The first-order chi connectivity index (χ1) is 13.2. The fraction of sp³-hybridized carbons (Fsp3) is 0.650. The third-order valence-electron chi connectivity index (χ3n) is 4.58. The SMILES string of the molecule is CCc1c(C)sc2nc(SCC(=O)OC(C)(C)C)n(CC3CCCO3)c(=O)c12. The van der Waals surface area contributed by atoms with Crippen LogP contribution in [0.1, 0.15) is 51.0 Å². The van der Waals surface area contributed by atoms with Crippen LogP contribution in [0.4, 0.5) is 0 Å². The van der Waals surface area contributed by atoms with Gasteiger partial charge in [-0.25, -0.2) is 4.98 Å². The number of esters is 1. The number of fused-ring (bicyclic) bond motifs is 1. The number of carbonyl (C=O) groups is 1. The number of aryl methyl sites for hydroxylation is 2. The Morgan fingerprint density at radius 1 is 1.43 bits per heavy atom. The van der Waals surface area contributed by atoms with E-state index in [-0.39, 0.29) is 23.4 Å². The average Bonchev–Trinajstić information content (AvgIpc) is 3.21. The molecule has 154 valence electrons. The molecule has 1 saturated heterocycles. The molecule has 1 aliphatic heterocycles. The molecular weight excluding hydrogens is 396 g/mol. The molecule has 3 heterocycles. The molecule has 0 aliphatic carbocycles. The molecule has 28 heavy (non-hydrogen) atoms. The first kappa shape index (κ1) is 21.3. The van der Waals surface area contributed by atoms with E-state index in [1.807, 2.05) is 27.7 Å². The van der Waals surface area contributed by atoms with Gasteiger partial charge in [0.1, 0.15) is 10.4 Å². The molecule has 0 saturated carbocycles. The van der Waals surface area contributed by atoms with Crippen LogP contribution in [0.15, 0.2) is 9.95 Å². The molecule has 1 unspecified atom stereocenters. The number of nitrogens with zero attached hydrogens (tertiary/aromatic N) is 2. The Kier molecular flexibility index (Phi) is 6.51. The van der Waals surface area contributed by atoms with Crippen LogP contribution in [0, 0.1) is 6.92 Å². The van der Waals surface area contributed by atoms with Gasteiger partial charge in [0, 0.05) is 11.5 Å². The lowest BCUT2D eigenvalue weighted by Gasteiger charge is -2.20. The summed E-state index contributed by atoms with van der Waals surface area (Å²) in [4.78, 5) is 32.1. The van der Waals surface area contributed by atoms with Crippen LogP contribution in [0.5, 0.6) is 0 Å². The smallest absolute Gasteiger partial charge is 0.316 e. The first-order valence-corrected chi connectivity index (χ1v) is 11.5. The van der Waals surface area contributed by atoms with Gasteiger partial charge in [0.05, 0.1) is 23.8 Å². The summed E-state index contributed by atoms with van der Waals surface area (Å²) in [5, 5.41) is 1.27. The summed E-state index contributed by atoms with van der Waals surface area (Å²) in [5.74, 6) is -0.196. The number of rotatable bonds is 6. The second-order valence-electron chi connectivity index (χ2n) is 7.99. The summed E-state index contributed by atoms with van der Waals surface area (Å²) in [6.45, 7) is 10.8. The largest absolute Gasteiger partial charge is 0.459 e. The van der Waals surface area contributed by atoms with Crippen LogP contribution in [0.2, 0.25) is 0 Å². The summed E-state index contributed by atoms with van der Waals surface area (Å²) in [5.41, 5.74) is 0.503. The minimum atomic E-state index is -0.534. The predicted molar refractivity (Wildman–Crippen MR) is 114 cm³/mol. The zero-order valence-corrected chi connectivity index (χ0v) is 18.8. The van der Waals surface area contributed by atoms with Crippen LogP contribution < -0.4 is 5.56 Å². The fourth-order valence-corrected chi connectivity index (χ4v) is 5.35. The van der Waals surface area contributed by atoms with Gasteiger partial charge >= 0.3 is 5.97 Å². The molecule has 2 aromatic rings. The van der Waals surface area contributed by atoms with E-state index < -0.39 is 5.60 Å². The standard InChI is InChI=1S/C20H28N2O4S2/c1-6-14-12(2)28-17-16(14)18(24)22(10-13-8-7-9-25-13)19(21-17)27-11-15(23)26-20(3,4)5/h13H,6-11H2,1-5H3. The molecule has 0 spiro atoms. The molecule has 0 bridgehead atoms. The van der Waals surface area contributed by atoms with E-state index in [0.717, 1.165) is 41.1 Å². The van der Waals surface area contributed by atoms with E-state index >= 15 is 0 Å². The highest BCUT2D eigenvalue weighted by atomic mass is 32.2. The third kappa shape index (κ3) is 4.78. The van der Waals surface area contributed by atoms with E-state index in [9.17, 15) is 9.59 Å². The second kappa shape index (κ2) is 8.55. The Labute approximate surface area is 173 Å². The Morgan fingerprint density at radius 3 is 2.79 bits per heavy atom. The lowest BCUT2D eigenvalue weighted by atomic mass is 10.1. The Morgan fingerprint density at radius 2 is 2.18 bits per heavy atom. The number of carbonyl (C=O) groups excluding carboxylic acids is 1. The monoisotopic (exact) mass is 424 g/mol. The molecule has 2 aromatic heterocycles. The Balaban J connectivity index is 1.96. The molecule has 8 heteroatoms. The predicted octanol–water partition coefficient (Wildman–Crippen LogP) is 3.94. The second-order valence-corrected chi connectivity index (χ2v) is 10.1. The van der Waals surface area contributed by atoms with Crippen molar-refractivity contribution in [2.24, 2.45) is 0 Å². The van der Waals surface area contributed by atoms with Gasteiger partial charge in [0.25, 0.3) is 5.56 Å². The Bertz CT molecular complexity index is 921. The number of hydrogen-bond donors (Lipinski definition) is 0. The topological polar surface area (TPSA) is 70.4 Å². The molecule has 6 nitrogen and oxygen atoms in total. The molecular formula is C20H28N2O4S2. The molecule has 0 aromatic carbocycles. The molecule has 1 aliphatic rings. The number of ether oxygens (including phenoxy) is 2. The summed E-state index contributed by atoms with van der Waals surface area (Å²) >= 11 is 2.80. The summed E-state index contributed by atoms with van der Waals surface area (Å²) in [7, 11) is 0. The van der Waals surface area contributed by atoms with Gasteiger partial charge in [-0.2, -0.15) is 0 Å². The lowest BCUT2D eigenvalue weighted by Crippen LogP contribution is -2.29. The third-order valence-corrected chi connectivity index (χ3v) is 6.57. The van der Waals surface area contributed by atoms with Gasteiger partial charge in [0.15, 0.2) is 5.16 Å². The van der Waals surface area contributed by atoms with Crippen molar-refractivity contribution in [1.29, 1.82) is 0 Å². The molecule has 0 N–H and O–H groups in total. The Hall–Kier alpha value is -1.38. The average molecular weight is 425 g/mol. The summed E-state index contributed by atoms with van der Waals surface area (Å²) in [6.07, 6.45) is 2.76. The highest BCUT2D eigenvalue weighted by Crippen LogP contribution is 2.30. The zero-order chi connectivity index (χ0) is 20.5. The van der Waals surface area contributed by atoms with Crippen LogP contribution in [-0.2, 0) is 27.2 Å². The van der Waals surface area contributed by atoms with Crippen molar-refractivity contribution in [3.8, 4) is 0 Å². The summed E-state index contributed by atoms with van der Waals surface area (Å²) in [6, 6.07) is 0. The molecule has 0 amide bonds. The molecule has 1 atom stereocenters. The van der Waals surface area contributed by atoms with Crippen molar-refractivity contribution in [1.82, 2.24) is 9.55 Å². The van der Waals surface area contributed by atoms with E-state index in [2.05, 4.69) is 6.92 Å². The van der Waals surface area contributed by atoms with Crippen molar-refractivity contribution in [3.05, 3.63) is 20.8 Å².